The van der Waals surface area contributed by atoms with Crippen molar-refractivity contribution in [2.45, 2.75) is 85.3 Å². The summed E-state index contributed by atoms with van der Waals surface area (Å²) in [4.78, 5) is 35.4. The number of carbonyl (C=O) groups is 3. The third-order valence-corrected chi connectivity index (χ3v) is 6.16. The average Bonchev–Trinajstić information content (AvgIpc) is 2.83. The van der Waals surface area contributed by atoms with E-state index < -0.39 is 12.0 Å². The minimum absolute atomic E-state index is 0.00696. The first-order valence-corrected chi connectivity index (χ1v) is 12.9. The highest BCUT2D eigenvalue weighted by atomic mass is 16.6. The molecule has 0 aromatic heterocycles. The van der Waals surface area contributed by atoms with Crippen molar-refractivity contribution in [2.24, 2.45) is 17.8 Å². The van der Waals surface area contributed by atoms with Crippen LogP contribution >= 0.6 is 0 Å². The van der Waals surface area contributed by atoms with Gasteiger partial charge in [-0.3, -0.25) is 4.79 Å². The number of carbonyl (C=O) groups excluding carboxylic acids is 3. The molecule has 1 aromatic rings. The largest absolute Gasteiger partial charge is 0.494 e. The Bertz CT molecular complexity index is 808. The fraction of sp³-hybridized carbons (Fsp3) is 0.679. The maximum Gasteiger partial charge on any atom is 0.407 e. The third-order valence-electron chi connectivity index (χ3n) is 6.16. The van der Waals surface area contributed by atoms with E-state index in [1.165, 1.54) is 14.2 Å². The molecule has 0 unspecified atom stereocenters. The molecule has 1 aliphatic rings. The van der Waals surface area contributed by atoms with Crippen molar-refractivity contribution in [1.29, 1.82) is 0 Å². The number of alkyl carbamates (subject to hydrolysis) is 1. The summed E-state index contributed by atoms with van der Waals surface area (Å²) in [6, 6.07) is 6.93. The van der Waals surface area contributed by atoms with Crippen LogP contribution in [0.25, 0.3) is 0 Å². The molecule has 36 heavy (non-hydrogen) atoms. The smallest absolute Gasteiger partial charge is 0.407 e. The SMILES string of the molecule is CCOc1ccc(C[C@H](NC(=O)C2CCC(C(C)C)CC2)C(=O)OC)cc1.CNC(=O)OC(C)(C)C. The number of hydrogen-bond donors (Lipinski definition) is 2. The molecule has 0 saturated heterocycles. The molecule has 8 nitrogen and oxygen atoms in total. The molecular weight excluding hydrogens is 460 g/mol. The maximum absolute atomic E-state index is 12.7. The van der Waals surface area contributed by atoms with Gasteiger partial charge in [0.1, 0.15) is 17.4 Å². The summed E-state index contributed by atoms with van der Waals surface area (Å²) >= 11 is 0. The van der Waals surface area contributed by atoms with Crippen molar-refractivity contribution in [3.05, 3.63) is 29.8 Å². The van der Waals surface area contributed by atoms with E-state index in [0.717, 1.165) is 37.0 Å². The van der Waals surface area contributed by atoms with E-state index in [-0.39, 0.29) is 23.5 Å². The number of ether oxygens (including phenoxy) is 3. The summed E-state index contributed by atoms with van der Waals surface area (Å²) in [6.07, 6.45) is 3.97. The van der Waals surface area contributed by atoms with Gasteiger partial charge in [0.05, 0.1) is 13.7 Å². The molecule has 0 spiro atoms. The lowest BCUT2D eigenvalue weighted by Crippen LogP contribution is -2.46. The summed E-state index contributed by atoms with van der Waals surface area (Å²) < 4.78 is 15.2. The van der Waals surface area contributed by atoms with Crippen LogP contribution in [0.5, 0.6) is 5.75 Å². The first kappa shape index (κ1) is 31.3. The Balaban J connectivity index is 0.000000613. The molecule has 1 aliphatic carbocycles. The highest BCUT2D eigenvalue weighted by Gasteiger charge is 2.30. The van der Waals surface area contributed by atoms with Gasteiger partial charge in [-0.05, 0) is 82.9 Å². The summed E-state index contributed by atoms with van der Waals surface area (Å²) in [5.41, 5.74) is 0.567. The zero-order valence-electron chi connectivity index (χ0n) is 23.3. The Hall–Kier alpha value is -2.77. The van der Waals surface area contributed by atoms with Gasteiger partial charge in [0.25, 0.3) is 0 Å². The quantitative estimate of drug-likeness (QED) is 0.487. The van der Waals surface area contributed by atoms with Gasteiger partial charge in [-0.15, -0.1) is 0 Å². The van der Waals surface area contributed by atoms with Crippen molar-refractivity contribution in [3.8, 4) is 5.75 Å². The van der Waals surface area contributed by atoms with Crippen LogP contribution < -0.4 is 15.4 Å². The van der Waals surface area contributed by atoms with Crippen molar-refractivity contribution < 1.29 is 28.6 Å². The molecule has 2 N–H and O–H groups in total. The van der Waals surface area contributed by atoms with Crippen LogP contribution in [-0.4, -0.2) is 50.4 Å². The van der Waals surface area contributed by atoms with Gasteiger partial charge in [0.2, 0.25) is 5.91 Å². The molecule has 2 amide bonds. The summed E-state index contributed by atoms with van der Waals surface area (Å²) in [6.45, 7) is 12.5. The Labute approximate surface area is 216 Å². The van der Waals surface area contributed by atoms with Gasteiger partial charge >= 0.3 is 12.1 Å². The molecule has 0 radical (unpaired) electrons. The van der Waals surface area contributed by atoms with E-state index in [4.69, 9.17) is 14.2 Å². The minimum atomic E-state index is -0.664. The van der Waals surface area contributed by atoms with Crippen LogP contribution in [0, 0.1) is 17.8 Å². The number of amides is 2. The van der Waals surface area contributed by atoms with Gasteiger partial charge < -0.3 is 24.8 Å². The molecule has 0 bridgehead atoms. The molecule has 1 saturated carbocycles. The predicted octanol–water partition coefficient (Wildman–Crippen LogP) is 4.89. The molecule has 0 aliphatic heterocycles. The molecule has 1 aromatic carbocycles. The van der Waals surface area contributed by atoms with Crippen LogP contribution in [0.2, 0.25) is 0 Å². The molecule has 8 heteroatoms. The number of esters is 1. The van der Waals surface area contributed by atoms with Crippen LogP contribution in [0.3, 0.4) is 0 Å². The number of hydrogen-bond acceptors (Lipinski definition) is 6. The topological polar surface area (TPSA) is 103 Å². The lowest BCUT2D eigenvalue weighted by atomic mass is 9.76. The van der Waals surface area contributed by atoms with Gasteiger partial charge in [-0.25, -0.2) is 9.59 Å². The number of methoxy groups -OCH3 is 1. The summed E-state index contributed by atoms with van der Waals surface area (Å²) in [5.74, 6) is 1.71. The normalized spacial score (nSPS) is 18.2. The number of rotatable bonds is 8. The van der Waals surface area contributed by atoms with Crippen molar-refractivity contribution in [2.75, 3.05) is 20.8 Å². The zero-order chi connectivity index (χ0) is 27.3. The molecule has 1 fully saturated rings. The highest BCUT2D eigenvalue weighted by Crippen LogP contribution is 2.33. The second-order valence-electron chi connectivity index (χ2n) is 10.5. The van der Waals surface area contributed by atoms with Crippen molar-refractivity contribution in [1.82, 2.24) is 10.6 Å². The average molecular weight is 507 g/mol. The van der Waals surface area contributed by atoms with Crippen LogP contribution in [-0.2, 0) is 25.5 Å². The van der Waals surface area contributed by atoms with Gasteiger partial charge in [0.15, 0.2) is 0 Å². The van der Waals surface area contributed by atoms with Crippen LogP contribution in [0.15, 0.2) is 24.3 Å². The van der Waals surface area contributed by atoms with Crippen molar-refractivity contribution in [3.63, 3.8) is 0 Å². The Kier molecular flexibility index (Phi) is 13.3. The molecular formula is C28H46N2O6. The predicted molar refractivity (Wildman–Crippen MR) is 141 cm³/mol. The summed E-state index contributed by atoms with van der Waals surface area (Å²) in [7, 11) is 2.89. The fourth-order valence-electron chi connectivity index (χ4n) is 4.13. The lowest BCUT2D eigenvalue weighted by molar-refractivity contribution is -0.145. The van der Waals surface area contributed by atoms with Gasteiger partial charge in [-0.1, -0.05) is 26.0 Å². The molecule has 204 valence electrons. The van der Waals surface area contributed by atoms with E-state index in [1.54, 1.807) is 0 Å². The second kappa shape index (κ2) is 15.4. The standard InChI is InChI=1S/C22H33NO4.C6H13NO2/c1-5-27-19-12-6-16(7-13-19)14-20(22(25)26-4)23-21(24)18-10-8-17(9-11-18)15(2)3;1-6(2,3)9-5(8)7-4/h6-7,12-13,15,17-18,20H,5,8-11,14H2,1-4H3,(H,23,24);1-4H3,(H,7,8)/t17?,18?,20-;/m0./s1. The van der Waals surface area contributed by atoms with Crippen LogP contribution in [0.1, 0.15) is 72.8 Å². The van der Waals surface area contributed by atoms with Crippen LogP contribution in [0.4, 0.5) is 4.79 Å². The first-order chi connectivity index (χ1) is 16.9. The Morgan fingerprint density at radius 3 is 2.03 bits per heavy atom. The highest BCUT2D eigenvalue weighted by molar-refractivity contribution is 5.86. The lowest BCUT2D eigenvalue weighted by Gasteiger charge is -2.31. The minimum Gasteiger partial charge on any atom is -0.494 e. The summed E-state index contributed by atoms with van der Waals surface area (Å²) in [5, 5.41) is 5.29. The first-order valence-electron chi connectivity index (χ1n) is 12.9. The Morgan fingerprint density at radius 2 is 1.61 bits per heavy atom. The third kappa shape index (κ3) is 11.8. The molecule has 0 heterocycles. The van der Waals surface area contributed by atoms with E-state index >= 15 is 0 Å². The zero-order valence-corrected chi connectivity index (χ0v) is 23.3. The molecule has 2 rings (SSSR count). The van der Waals surface area contributed by atoms with E-state index in [2.05, 4.69) is 24.5 Å². The monoisotopic (exact) mass is 506 g/mol. The van der Waals surface area contributed by atoms with Gasteiger partial charge in [-0.2, -0.15) is 0 Å². The van der Waals surface area contributed by atoms with Gasteiger partial charge in [0, 0.05) is 19.4 Å². The van der Waals surface area contributed by atoms with E-state index in [0.29, 0.717) is 24.9 Å². The number of nitrogens with one attached hydrogen (secondary N) is 2. The maximum atomic E-state index is 12.7. The number of benzene rings is 1. The second-order valence-corrected chi connectivity index (χ2v) is 10.5. The van der Waals surface area contributed by atoms with Crippen molar-refractivity contribution >= 4 is 18.0 Å². The molecule has 1 atom stereocenters. The fourth-order valence-corrected chi connectivity index (χ4v) is 4.13. The van der Waals surface area contributed by atoms with E-state index in [9.17, 15) is 14.4 Å². The van der Waals surface area contributed by atoms with E-state index in [1.807, 2.05) is 52.0 Å². The Morgan fingerprint density at radius 1 is 1.03 bits per heavy atom.